The maximum atomic E-state index is 13.6. The van der Waals surface area contributed by atoms with Crippen molar-refractivity contribution >= 4 is 23.5 Å². The molecule has 1 amide bonds. The first-order valence-corrected chi connectivity index (χ1v) is 12.0. The van der Waals surface area contributed by atoms with Crippen LogP contribution in [0.5, 0.6) is 5.75 Å². The molecule has 0 bridgehead atoms. The molecule has 1 atom stereocenters. The number of carbonyl (C=O) groups is 1. The predicted octanol–water partition coefficient (Wildman–Crippen LogP) is 5.05. The van der Waals surface area contributed by atoms with E-state index in [9.17, 15) is 9.18 Å². The monoisotopic (exact) mass is 494 g/mol. The average molecular weight is 495 g/mol. The summed E-state index contributed by atoms with van der Waals surface area (Å²) in [6.07, 6.45) is 7.39. The number of benzene rings is 2. The number of ether oxygens (including phenoxy) is 2. The highest BCUT2D eigenvalue weighted by Crippen LogP contribution is 2.36. The standard InChI is InChI=1S/C28H35FN4O3/c1-20(30)19-31-24-13-7-21(17-25(24)36-4)8-14-26-32-27(34)18-28(2,22-9-11-23(29)12-10-22)33(26)15-5-6-16-35-3/h7-14,17,19,31H,5-6,15-16,18,30H2,1-4H3/b14-8+,20-19-. The Labute approximate surface area is 212 Å². The molecule has 1 unspecified atom stereocenters. The van der Waals surface area contributed by atoms with E-state index in [-0.39, 0.29) is 18.1 Å². The Bertz CT molecular complexity index is 1140. The van der Waals surface area contributed by atoms with Gasteiger partial charge in [-0.1, -0.05) is 24.3 Å². The van der Waals surface area contributed by atoms with Crippen molar-refractivity contribution in [3.8, 4) is 5.75 Å². The lowest BCUT2D eigenvalue weighted by Gasteiger charge is -2.45. The molecule has 0 spiro atoms. The van der Waals surface area contributed by atoms with E-state index in [2.05, 4.69) is 15.2 Å². The number of amides is 1. The minimum absolute atomic E-state index is 0.211. The fourth-order valence-corrected chi connectivity index (χ4v) is 4.24. The van der Waals surface area contributed by atoms with Crippen molar-refractivity contribution in [1.29, 1.82) is 0 Å². The minimum Gasteiger partial charge on any atom is -0.495 e. The molecule has 3 N–H and O–H groups in total. The lowest BCUT2D eigenvalue weighted by Crippen LogP contribution is -2.51. The van der Waals surface area contributed by atoms with Crippen LogP contribution in [-0.2, 0) is 15.1 Å². The Morgan fingerprint density at radius 3 is 2.61 bits per heavy atom. The first kappa shape index (κ1) is 26.9. The van der Waals surface area contributed by atoms with E-state index in [0.29, 0.717) is 30.4 Å². The lowest BCUT2D eigenvalue weighted by molar-refractivity contribution is -0.121. The van der Waals surface area contributed by atoms with Crippen molar-refractivity contribution in [3.05, 3.63) is 77.4 Å². The second-order valence-corrected chi connectivity index (χ2v) is 9.00. The number of nitrogens with one attached hydrogen (secondary N) is 1. The molecular weight excluding hydrogens is 459 g/mol. The topological polar surface area (TPSA) is 89.2 Å². The number of carbonyl (C=O) groups excluding carboxylic acids is 1. The zero-order valence-electron chi connectivity index (χ0n) is 21.4. The van der Waals surface area contributed by atoms with Crippen molar-refractivity contribution < 1.29 is 18.7 Å². The lowest BCUT2D eigenvalue weighted by atomic mass is 9.84. The highest BCUT2D eigenvalue weighted by atomic mass is 19.1. The Balaban J connectivity index is 1.93. The molecule has 192 valence electrons. The fourth-order valence-electron chi connectivity index (χ4n) is 4.24. The van der Waals surface area contributed by atoms with Crippen LogP contribution in [-0.4, -0.2) is 44.0 Å². The van der Waals surface area contributed by atoms with Gasteiger partial charge in [0.05, 0.1) is 24.8 Å². The second kappa shape index (κ2) is 12.4. The number of hydrogen-bond acceptors (Lipinski definition) is 6. The van der Waals surface area contributed by atoms with E-state index in [4.69, 9.17) is 15.2 Å². The number of halogens is 1. The summed E-state index contributed by atoms with van der Waals surface area (Å²) >= 11 is 0. The number of allylic oxidation sites excluding steroid dienone is 1. The third-order valence-electron chi connectivity index (χ3n) is 6.16. The van der Waals surface area contributed by atoms with Crippen molar-refractivity contribution in [2.45, 2.75) is 38.6 Å². The maximum absolute atomic E-state index is 13.6. The number of anilines is 1. The fraction of sp³-hybridized carbons (Fsp3) is 0.357. The molecule has 2 aromatic carbocycles. The number of unbranched alkanes of at least 4 members (excludes halogenated alkanes) is 1. The summed E-state index contributed by atoms with van der Waals surface area (Å²) in [6, 6.07) is 12.1. The van der Waals surface area contributed by atoms with Gasteiger partial charge >= 0.3 is 0 Å². The van der Waals surface area contributed by atoms with Gasteiger partial charge in [0.25, 0.3) is 0 Å². The minimum atomic E-state index is -0.656. The van der Waals surface area contributed by atoms with Gasteiger partial charge in [0.15, 0.2) is 0 Å². The molecule has 0 fully saturated rings. The van der Waals surface area contributed by atoms with Gasteiger partial charge in [0, 0.05) is 32.2 Å². The summed E-state index contributed by atoms with van der Waals surface area (Å²) in [6.45, 7) is 5.13. The van der Waals surface area contributed by atoms with E-state index < -0.39 is 5.54 Å². The van der Waals surface area contributed by atoms with Gasteiger partial charge in [-0.05, 0) is 68.2 Å². The van der Waals surface area contributed by atoms with Crippen LogP contribution in [0, 0.1) is 5.82 Å². The summed E-state index contributed by atoms with van der Waals surface area (Å²) in [5.41, 5.74) is 8.24. The normalized spacial score (nSPS) is 18.5. The summed E-state index contributed by atoms with van der Waals surface area (Å²) in [5.74, 6) is 0.701. The first-order valence-electron chi connectivity index (χ1n) is 12.0. The number of amidine groups is 1. The van der Waals surface area contributed by atoms with Gasteiger partial charge < -0.3 is 25.4 Å². The smallest absolute Gasteiger partial charge is 0.250 e. The second-order valence-electron chi connectivity index (χ2n) is 9.00. The SMILES string of the molecule is COCCCCN1C(/C=C/c2ccc(N/C=C(/C)N)c(OC)c2)=NC(=O)CC1(C)c1ccc(F)cc1. The quantitative estimate of drug-likeness (QED) is 0.425. The highest BCUT2D eigenvalue weighted by Gasteiger charge is 2.40. The summed E-state index contributed by atoms with van der Waals surface area (Å²) in [5, 5.41) is 3.13. The molecule has 1 aliphatic rings. The van der Waals surface area contributed by atoms with E-state index in [1.165, 1.54) is 12.1 Å². The van der Waals surface area contributed by atoms with Gasteiger partial charge in [0.1, 0.15) is 17.4 Å². The zero-order chi connectivity index (χ0) is 26.1. The van der Waals surface area contributed by atoms with Gasteiger partial charge in [-0.2, -0.15) is 4.99 Å². The number of hydrogen-bond donors (Lipinski definition) is 2. The van der Waals surface area contributed by atoms with Crippen LogP contribution in [0.2, 0.25) is 0 Å². The van der Waals surface area contributed by atoms with Gasteiger partial charge in [-0.3, -0.25) is 4.79 Å². The van der Waals surface area contributed by atoms with Gasteiger partial charge in [-0.15, -0.1) is 0 Å². The first-order chi connectivity index (χ1) is 17.3. The molecule has 1 heterocycles. The molecule has 8 heteroatoms. The molecule has 0 radical (unpaired) electrons. The molecule has 7 nitrogen and oxygen atoms in total. The number of nitrogens with zero attached hydrogens (tertiary/aromatic N) is 2. The van der Waals surface area contributed by atoms with Crippen molar-refractivity contribution in [1.82, 2.24) is 4.90 Å². The van der Waals surface area contributed by atoms with Gasteiger partial charge in [0.2, 0.25) is 5.91 Å². The molecule has 0 saturated heterocycles. The predicted molar refractivity (Wildman–Crippen MR) is 142 cm³/mol. The largest absolute Gasteiger partial charge is 0.495 e. The van der Waals surface area contributed by atoms with Crippen LogP contribution >= 0.6 is 0 Å². The third-order valence-corrected chi connectivity index (χ3v) is 6.16. The molecule has 0 saturated carbocycles. The molecule has 1 aliphatic heterocycles. The number of nitrogens with two attached hydrogens (primary N) is 1. The number of rotatable bonds is 11. The van der Waals surface area contributed by atoms with Crippen LogP contribution in [0.25, 0.3) is 6.08 Å². The van der Waals surface area contributed by atoms with Crippen LogP contribution in [0.15, 0.2) is 65.4 Å². The molecular formula is C28H35FN4O3. The van der Waals surface area contributed by atoms with E-state index in [1.807, 2.05) is 37.3 Å². The molecule has 3 rings (SSSR count). The van der Waals surface area contributed by atoms with Crippen molar-refractivity contribution in [2.75, 3.05) is 32.7 Å². The third kappa shape index (κ3) is 6.73. The summed E-state index contributed by atoms with van der Waals surface area (Å²) in [7, 11) is 3.28. The van der Waals surface area contributed by atoms with E-state index >= 15 is 0 Å². The van der Waals surface area contributed by atoms with Gasteiger partial charge in [-0.25, -0.2) is 4.39 Å². The summed E-state index contributed by atoms with van der Waals surface area (Å²) < 4.78 is 24.4. The Morgan fingerprint density at radius 1 is 1.19 bits per heavy atom. The average Bonchev–Trinajstić information content (AvgIpc) is 2.85. The van der Waals surface area contributed by atoms with Crippen molar-refractivity contribution in [3.63, 3.8) is 0 Å². The van der Waals surface area contributed by atoms with Crippen LogP contribution in [0.1, 0.15) is 44.2 Å². The van der Waals surface area contributed by atoms with Crippen LogP contribution < -0.4 is 15.8 Å². The van der Waals surface area contributed by atoms with Crippen molar-refractivity contribution in [2.24, 2.45) is 10.7 Å². The summed E-state index contributed by atoms with van der Waals surface area (Å²) in [4.78, 5) is 19.3. The van der Waals surface area contributed by atoms with Crippen LogP contribution in [0.3, 0.4) is 0 Å². The molecule has 0 aliphatic carbocycles. The Morgan fingerprint density at radius 2 is 1.94 bits per heavy atom. The zero-order valence-corrected chi connectivity index (χ0v) is 21.4. The molecule has 36 heavy (non-hydrogen) atoms. The van der Waals surface area contributed by atoms with Crippen LogP contribution in [0.4, 0.5) is 10.1 Å². The highest BCUT2D eigenvalue weighted by molar-refractivity contribution is 6.05. The number of aliphatic imine (C=N–C) groups is 1. The molecule has 2 aromatic rings. The Hall–Kier alpha value is -3.65. The maximum Gasteiger partial charge on any atom is 0.250 e. The Kier molecular flexibility index (Phi) is 9.25. The van der Waals surface area contributed by atoms with E-state index in [0.717, 1.165) is 29.7 Å². The molecule has 0 aromatic heterocycles. The van der Waals surface area contributed by atoms with E-state index in [1.54, 1.807) is 39.5 Å². The number of methoxy groups -OCH3 is 2.